The van der Waals surface area contributed by atoms with E-state index in [9.17, 15) is 0 Å². The fraction of sp³-hybridized carbons (Fsp3) is 1.00. The van der Waals surface area contributed by atoms with Crippen LogP contribution in [0.4, 0.5) is 0 Å². The molecule has 0 rings (SSSR count). The minimum Gasteiger partial charge on any atom is -0.317 e. The first-order valence-electron chi connectivity index (χ1n) is 4.80. The van der Waals surface area contributed by atoms with E-state index >= 15 is 0 Å². The number of hydrogen-bond donors (Lipinski definition) is 1. The fourth-order valence-electron chi connectivity index (χ4n) is 1.55. The Labute approximate surface area is 90.8 Å². The zero-order chi connectivity index (χ0) is 9.72. The van der Waals surface area contributed by atoms with Crippen LogP contribution in [0, 0.1) is 11.8 Å². The summed E-state index contributed by atoms with van der Waals surface area (Å²) < 4.78 is 0.757. The van der Waals surface area contributed by atoms with Gasteiger partial charge in [-0.1, -0.05) is 43.4 Å². The van der Waals surface area contributed by atoms with Gasteiger partial charge in [-0.05, 0) is 32.2 Å². The molecule has 0 aromatic carbocycles. The summed E-state index contributed by atoms with van der Waals surface area (Å²) in [4.78, 5) is 0. The molecule has 0 saturated carbocycles. The molecular weight excluding hydrogens is 261 g/mol. The molecule has 3 atom stereocenters. The Bertz CT molecular complexity index is 112. The van der Waals surface area contributed by atoms with Crippen LogP contribution >= 0.6 is 22.6 Å². The van der Waals surface area contributed by atoms with E-state index in [1.807, 2.05) is 0 Å². The van der Waals surface area contributed by atoms with Crippen molar-refractivity contribution in [3.63, 3.8) is 0 Å². The molecule has 0 aliphatic carbocycles. The van der Waals surface area contributed by atoms with E-state index in [0.717, 1.165) is 15.8 Å². The first-order valence-corrected chi connectivity index (χ1v) is 6.05. The SMILES string of the molecule is CNC(C)C(CC(C)C)C(C)I. The van der Waals surface area contributed by atoms with Gasteiger partial charge in [-0.15, -0.1) is 0 Å². The van der Waals surface area contributed by atoms with E-state index in [4.69, 9.17) is 0 Å². The lowest BCUT2D eigenvalue weighted by molar-refractivity contribution is 0.334. The molecule has 0 amide bonds. The van der Waals surface area contributed by atoms with Gasteiger partial charge >= 0.3 is 0 Å². The zero-order valence-corrected chi connectivity index (χ0v) is 11.1. The van der Waals surface area contributed by atoms with Crippen LogP contribution in [0.25, 0.3) is 0 Å². The summed E-state index contributed by atoms with van der Waals surface area (Å²) in [5.41, 5.74) is 0. The monoisotopic (exact) mass is 283 g/mol. The molecule has 0 aromatic heterocycles. The number of nitrogens with one attached hydrogen (secondary N) is 1. The Hall–Kier alpha value is 0.690. The fourth-order valence-corrected chi connectivity index (χ4v) is 2.46. The molecule has 0 aliphatic heterocycles. The van der Waals surface area contributed by atoms with Crippen molar-refractivity contribution in [2.24, 2.45) is 11.8 Å². The standard InChI is InChI=1S/C10H22IN/c1-7(2)6-10(8(3)11)9(4)12-5/h7-10,12H,6H2,1-5H3. The van der Waals surface area contributed by atoms with Crippen LogP contribution < -0.4 is 5.32 Å². The molecule has 3 unspecified atom stereocenters. The maximum Gasteiger partial charge on any atom is 0.0124 e. The van der Waals surface area contributed by atoms with E-state index < -0.39 is 0 Å². The van der Waals surface area contributed by atoms with Crippen molar-refractivity contribution in [3.05, 3.63) is 0 Å². The van der Waals surface area contributed by atoms with Gasteiger partial charge in [0.2, 0.25) is 0 Å². The summed E-state index contributed by atoms with van der Waals surface area (Å²) >= 11 is 2.54. The normalized spacial score (nSPS) is 19.2. The summed E-state index contributed by atoms with van der Waals surface area (Å²) in [6.07, 6.45) is 1.33. The minimum absolute atomic E-state index is 0.638. The molecule has 12 heavy (non-hydrogen) atoms. The van der Waals surface area contributed by atoms with Crippen molar-refractivity contribution in [1.29, 1.82) is 0 Å². The van der Waals surface area contributed by atoms with Gasteiger partial charge in [0.05, 0.1) is 0 Å². The van der Waals surface area contributed by atoms with Gasteiger partial charge in [-0.25, -0.2) is 0 Å². The van der Waals surface area contributed by atoms with Crippen LogP contribution in [0.2, 0.25) is 0 Å². The Morgan fingerprint density at radius 2 is 1.67 bits per heavy atom. The van der Waals surface area contributed by atoms with Crippen molar-refractivity contribution in [2.75, 3.05) is 7.05 Å². The topological polar surface area (TPSA) is 12.0 Å². The molecule has 1 N–H and O–H groups in total. The average Bonchev–Trinajstić information content (AvgIpc) is 1.98. The lowest BCUT2D eigenvalue weighted by Gasteiger charge is -2.27. The maximum atomic E-state index is 3.35. The Morgan fingerprint density at radius 3 is 1.92 bits per heavy atom. The van der Waals surface area contributed by atoms with Gasteiger partial charge in [0.1, 0.15) is 0 Å². The van der Waals surface area contributed by atoms with Crippen molar-refractivity contribution >= 4 is 22.6 Å². The largest absolute Gasteiger partial charge is 0.317 e. The lowest BCUT2D eigenvalue weighted by atomic mass is 9.89. The summed E-state index contributed by atoms with van der Waals surface area (Å²) in [6, 6.07) is 0.638. The van der Waals surface area contributed by atoms with E-state index in [2.05, 4.69) is 62.7 Å². The second-order valence-electron chi connectivity index (χ2n) is 4.05. The third-order valence-electron chi connectivity index (χ3n) is 2.43. The van der Waals surface area contributed by atoms with E-state index in [-0.39, 0.29) is 0 Å². The quantitative estimate of drug-likeness (QED) is 0.604. The van der Waals surface area contributed by atoms with Gasteiger partial charge in [-0.2, -0.15) is 0 Å². The molecule has 1 nitrogen and oxygen atoms in total. The average molecular weight is 283 g/mol. The molecule has 0 aliphatic rings. The number of hydrogen-bond acceptors (Lipinski definition) is 1. The summed E-state index contributed by atoms with van der Waals surface area (Å²) in [7, 11) is 2.05. The highest BCUT2D eigenvalue weighted by Gasteiger charge is 2.21. The van der Waals surface area contributed by atoms with Crippen LogP contribution in [-0.4, -0.2) is 17.0 Å². The molecule has 0 spiro atoms. The van der Waals surface area contributed by atoms with Crippen LogP contribution in [0.15, 0.2) is 0 Å². The van der Waals surface area contributed by atoms with Crippen LogP contribution in [0.3, 0.4) is 0 Å². The van der Waals surface area contributed by atoms with E-state index in [1.165, 1.54) is 6.42 Å². The Balaban J connectivity index is 4.03. The van der Waals surface area contributed by atoms with E-state index in [1.54, 1.807) is 0 Å². The van der Waals surface area contributed by atoms with Gasteiger partial charge in [0.15, 0.2) is 0 Å². The molecular formula is C10H22IN. The van der Waals surface area contributed by atoms with E-state index in [0.29, 0.717) is 6.04 Å². The van der Waals surface area contributed by atoms with Crippen LogP contribution in [0.1, 0.15) is 34.1 Å². The summed E-state index contributed by atoms with van der Waals surface area (Å²) in [5, 5.41) is 3.35. The van der Waals surface area contributed by atoms with Gasteiger partial charge < -0.3 is 5.32 Å². The Kier molecular flexibility index (Phi) is 6.55. The second kappa shape index (κ2) is 6.19. The van der Waals surface area contributed by atoms with Crippen molar-refractivity contribution in [3.8, 4) is 0 Å². The molecule has 0 bridgehead atoms. The molecule has 0 saturated heterocycles. The second-order valence-corrected chi connectivity index (χ2v) is 6.01. The molecule has 0 radical (unpaired) electrons. The van der Waals surface area contributed by atoms with Crippen molar-refractivity contribution in [2.45, 2.75) is 44.1 Å². The zero-order valence-electron chi connectivity index (χ0n) is 8.89. The van der Waals surface area contributed by atoms with Crippen LogP contribution in [-0.2, 0) is 0 Å². The first kappa shape index (κ1) is 12.7. The highest BCUT2D eigenvalue weighted by Crippen LogP contribution is 2.24. The minimum atomic E-state index is 0.638. The molecule has 2 heteroatoms. The van der Waals surface area contributed by atoms with Crippen molar-refractivity contribution < 1.29 is 0 Å². The molecule has 0 heterocycles. The van der Waals surface area contributed by atoms with Crippen LogP contribution in [0.5, 0.6) is 0 Å². The van der Waals surface area contributed by atoms with Gasteiger partial charge in [0, 0.05) is 9.97 Å². The number of rotatable bonds is 5. The van der Waals surface area contributed by atoms with Gasteiger partial charge in [0.25, 0.3) is 0 Å². The summed E-state index contributed by atoms with van der Waals surface area (Å²) in [5.74, 6) is 1.61. The molecule has 0 aromatic rings. The predicted molar refractivity (Wildman–Crippen MR) is 64.9 cm³/mol. The van der Waals surface area contributed by atoms with Crippen molar-refractivity contribution in [1.82, 2.24) is 5.32 Å². The highest BCUT2D eigenvalue weighted by atomic mass is 127. The lowest BCUT2D eigenvalue weighted by Crippen LogP contribution is -2.35. The smallest absolute Gasteiger partial charge is 0.0124 e. The van der Waals surface area contributed by atoms with Gasteiger partial charge in [-0.3, -0.25) is 0 Å². The third-order valence-corrected chi connectivity index (χ3v) is 3.35. The maximum absolute atomic E-state index is 3.35. The Morgan fingerprint density at radius 1 is 1.17 bits per heavy atom. The molecule has 74 valence electrons. The first-order chi connectivity index (χ1) is 5.49. The highest BCUT2D eigenvalue weighted by molar-refractivity contribution is 14.1. The molecule has 0 fully saturated rings. The third kappa shape index (κ3) is 4.65. The predicted octanol–water partition coefficient (Wildman–Crippen LogP) is 3.08. The number of alkyl halides is 1. The summed E-state index contributed by atoms with van der Waals surface area (Å²) in [6.45, 7) is 9.19. The number of halogens is 1.